The Hall–Kier alpha value is -1.37. The van der Waals surface area contributed by atoms with Crippen LogP contribution in [0.25, 0.3) is 0 Å². The summed E-state index contributed by atoms with van der Waals surface area (Å²) in [4.78, 5) is 9.75. The van der Waals surface area contributed by atoms with Crippen LogP contribution in [0.3, 0.4) is 0 Å². The summed E-state index contributed by atoms with van der Waals surface area (Å²) in [5.41, 5.74) is 0. The molecule has 0 aromatic carbocycles. The van der Waals surface area contributed by atoms with Gasteiger partial charge in [0, 0.05) is 19.0 Å². The summed E-state index contributed by atoms with van der Waals surface area (Å²) >= 11 is 0. The SMILES string of the molecule is C[C@H](OC1CCCCO1)c1nccn1CN1CC=CO1. The van der Waals surface area contributed by atoms with E-state index in [0.29, 0.717) is 6.67 Å². The van der Waals surface area contributed by atoms with Crippen molar-refractivity contribution in [1.82, 2.24) is 14.6 Å². The van der Waals surface area contributed by atoms with Gasteiger partial charge < -0.3 is 18.9 Å². The highest BCUT2D eigenvalue weighted by atomic mass is 16.7. The molecule has 0 saturated carbocycles. The zero-order chi connectivity index (χ0) is 13.8. The minimum atomic E-state index is -0.103. The number of hydrogen-bond acceptors (Lipinski definition) is 5. The van der Waals surface area contributed by atoms with Gasteiger partial charge in [0.25, 0.3) is 0 Å². The lowest BCUT2D eigenvalue weighted by molar-refractivity contribution is -0.188. The second-order valence-electron chi connectivity index (χ2n) is 5.11. The number of nitrogens with zero attached hydrogens (tertiary/aromatic N) is 3. The van der Waals surface area contributed by atoms with E-state index in [2.05, 4.69) is 4.98 Å². The number of hydroxylamine groups is 2. The second kappa shape index (κ2) is 6.39. The number of rotatable bonds is 5. The number of aromatic nitrogens is 2. The van der Waals surface area contributed by atoms with E-state index in [1.165, 1.54) is 6.42 Å². The summed E-state index contributed by atoms with van der Waals surface area (Å²) in [6.07, 6.45) is 10.5. The first kappa shape index (κ1) is 13.6. The molecular weight excluding hydrogens is 258 g/mol. The third kappa shape index (κ3) is 3.20. The molecule has 1 unspecified atom stereocenters. The predicted octanol–water partition coefficient (Wildman–Crippen LogP) is 2.21. The average Bonchev–Trinajstić information content (AvgIpc) is 3.12. The van der Waals surface area contributed by atoms with Crippen LogP contribution in [0.1, 0.15) is 38.1 Å². The molecule has 6 nitrogen and oxygen atoms in total. The van der Waals surface area contributed by atoms with Crippen molar-refractivity contribution in [1.29, 1.82) is 0 Å². The molecule has 0 aliphatic carbocycles. The standard InChI is InChI=1S/C14H21N3O3/c1-12(20-13-5-2-3-9-18-13)14-15-6-8-16(14)11-17-7-4-10-19-17/h4,6,8,10,12-13H,2-3,5,7,9,11H2,1H3/t12-,13?/m0/s1. The van der Waals surface area contributed by atoms with Gasteiger partial charge in [-0.25, -0.2) is 4.98 Å². The van der Waals surface area contributed by atoms with E-state index < -0.39 is 0 Å². The molecule has 0 bridgehead atoms. The second-order valence-corrected chi connectivity index (χ2v) is 5.11. The van der Waals surface area contributed by atoms with E-state index in [-0.39, 0.29) is 12.4 Å². The molecule has 3 rings (SSSR count). The van der Waals surface area contributed by atoms with Gasteiger partial charge in [-0.3, -0.25) is 0 Å². The molecule has 2 atom stereocenters. The van der Waals surface area contributed by atoms with Crippen molar-refractivity contribution < 1.29 is 14.3 Å². The molecule has 110 valence electrons. The molecule has 1 fully saturated rings. The minimum Gasteiger partial charge on any atom is -0.412 e. The summed E-state index contributed by atoms with van der Waals surface area (Å²) in [5, 5.41) is 1.86. The maximum Gasteiger partial charge on any atom is 0.158 e. The van der Waals surface area contributed by atoms with Crippen molar-refractivity contribution in [3.63, 3.8) is 0 Å². The zero-order valence-electron chi connectivity index (χ0n) is 11.8. The van der Waals surface area contributed by atoms with Gasteiger partial charge in [-0.05, 0) is 32.3 Å². The fraction of sp³-hybridized carbons (Fsp3) is 0.643. The maximum atomic E-state index is 5.96. The largest absolute Gasteiger partial charge is 0.412 e. The predicted molar refractivity (Wildman–Crippen MR) is 72.2 cm³/mol. The fourth-order valence-corrected chi connectivity index (χ4v) is 2.50. The van der Waals surface area contributed by atoms with Crippen molar-refractivity contribution in [3.8, 4) is 0 Å². The molecule has 0 radical (unpaired) electrons. The maximum absolute atomic E-state index is 5.96. The number of hydrogen-bond donors (Lipinski definition) is 0. The van der Waals surface area contributed by atoms with Crippen molar-refractivity contribution in [3.05, 3.63) is 30.6 Å². The van der Waals surface area contributed by atoms with Crippen molar-refractivity contribution in [2.45, 2.75) is 45.2 Å². The van der Waals surface area contributed by atoms with Crippen LogP contribution in [0.15, 0.2) is 24.7 Å². The first-order valence-electron chi connectivity index (χ1n) is 7.18. The monoisotopic (exact) mass is 279 g/mol. The normalized spacial score (nSPS) is 24.8. The Morgan fingerprint density at radius 3 is 3.20 bits per heavy atom. The van der Waals surface area contributed by atoms with E-state index in [1.807, 2.05) is 28.8 Å². The van der Waals surface area contributed by atoms with Crippen LogP contribution in [0.4, 0.5) is 0 Å². The van der Waals surface area contributed by atoms with Gasteiger partial charge in [0.1, 0.15) is 24.9 Å². The molecule has 0 amide bonds. The smallest absolute Gasteiger partial charge is 0.158 e. The summed E-state index contributed by atoms with van der Waals surface area (Å²) in [5.74, 6) is 0.898. The highest BCUT2D eigenvalue weighted by Gasteiger charge is 2.21. The van der Waals surface area contributed by atoms with Gasteiger partial charge in [-0.1, -0.05) is 0 Å². The van der Waals surface area contributed by atoms with Crippen LogP contribution >= 0.6 is 0 Å². The van der Waals surface area contributed by atoms with Gasteiger partial charge in [0.15, 0.2) is 6.29 Å². The Bertz CT molecular complexity index is 446. The number of imidazole rings is 1. The van der Waals surface area contributed by atoms with Crippen molar-refractivity contribution >= 4 is 0 Å². The third-order valence-corrected chi connectivity index (χ3v) is 3.53. The molecule has 6 heteroatoms. The summed E-state index contributed by atoms with van der Waals surface area (Å²) < 4.78 is 13.6. The Morgan fingerprint density at radius 1 is 1.50 bits per heavy atom. The van der Waals surface area contributed by atoms with E-state index in [9.17, 15) is 0 Å². The number of ether oxygens (including phenoxy) is 2. The highest BCUT2D eigenvalue weighted by Crippen LogP contribution is 2.23. The molecule has 2 aliphatic rings. The quantitative estimate of drug-likeness (QED) is 0.827. The minimum absolute atomic E-state index is 0.0938. The lowest BCUT2D eigenvalue weighted by Crippen LogP contribution is -2.27. The first-order valence-corrected chi connectivity index (χ1v) is 7.18. The van der Waals surface area contributed by atoms with Gasteiger partial charge in [0.05, 0.1) is 6.54 Å². The third-order valence-electron chi connectivity index (χ3n) is 3.53. The van der Waals surface area contributed by atoms with Gasteiger partial charge >= 0.3 is 0 Å². The Kier molecular flexibility index (Phi) is 4.34. The van der Waals surface area contributed by atoms with E-state index >= 15 is 0 Å². The Balaban J connectivity index is 1.59. The molecule has 20 heavy (non-hydrogen) atoms. The van der Waals surface area contributed by atoms with Crippen LogP contribution in [-0.4, -0.2) is 34.1 Å². The fourth-order valence-electron chi connectivity index (χ4n) is 2.50. The molecule has 1 aromatic rings. The molecule has 2 aliphatic heterocycles. The lowest BCUT2D eigenvalue weighted by atomic mass is 10.2. The summed E-state index contributed by atoms with van der Waals surface area (Å²) in [6, 6.07) is 0. The van der Waals surface area contributed by atoms with Crippen LogP contribution in [0, 0.1) is 0 Å². The van der Waals surface area contributed by atoms with Gasteiger partial charge in [0.2, 0.25) is 0 Å². The van der Waals surface area contributed by atoms with E-state index in [4.69, 9.17) is 14.3 Å². The summed E-state index contributed by atoms with van der Waals surface area (Å²) in [7, 11) is 0. The molecule has 0 spiro atoms. The zero-order valence-corrected chi connectivity index (χ0v) is 11.8. The molecule has 1 aromatic heterocycles. The van der Waals surface area contributed by atoms with Crippen LogP contribution < -0.4 is 0 Å². The molecule has 3 heterocycles. The summed E-state index contributed by atoms with van der Waals surface area (Å²) in [6.45, 7) is 4.24. The van der Waals surface area contributed by atoms with Gasteiger partial charge in [-0.2, -0.15) is 0 Å². The van der Waals surface area contributed by atoms with E-state index in [1.54, 1.807) is 12.5 Å². The topological polar surface area (TPSA) is 48.8 Å². The van der Waals surface area contributed by atoms with Crippen LogP contribution in [0.2, 0.25) is 0 Å². The Morgan fingerprint density at radius 2 is 2.45 bits per heavy atom. The van der Waals surface area contributed by atoms with E-state index in [0.717, 1.165) is 31.8 Å². The molecule has 1 saturated heterocycles. The first-order chi connectivity index (χ1) is 9.83. The van der Waals surface area contributed by atoms with Crippen molar-refractivity contribution in [2.24, 2.45) is 0 Å². The van der Waals surface area contributed by atoms with Crippen LogP contribution in [-0.2, 0) is 21.0 Å². The Labute approximate surface area is 118 Å². The van der Waals surface area contributed by atoms with Crippen LogP contribution in [0.5, 0.6) is 0 Å². The highest BCUT2D eigenvalue weighted by molar-refractivity contribution is 4.96. The van der Waals surface area contributed by atoms with Gasteiger partial charge in [-0.15, -0.1) is 5.06 Å². The molecular formula is C14H21N3O3. The lowest BCUT2D eigenvalue weighted by Gasteiger charge is -2.26. The van der Waals surface area contributed by atoms with Crippen molar-refractivity contribution in [2.75, 3.05) is 13.2 Å². The average molecular weight is 279 g/mol. The molecule has 0 N–H and O–H groups in total.